The van der Waals surface area contributed by atoms with Crippen LogP contribution < -0.4 is 26.6 Å². The Morgan fingerprint density at radius 2 is 1.63 bits per heavy atom. The Hall–Kier alpha value is -5.65. The van der Waals surface area contributed by atoms with E-state index in [1.54, 1.807) is 36.4 Å². The van der Waals surface area contributed by atoms with Gasteiger partial charge in [-0.1, -0.05) is 18.2 Å². The number of piperidine rings is 2. The van der Waals surface area contributed by atoms with E-state index in [1.165, 1.54) is 4.90 Å². The highest BCUT2D eigenvalue weighted by Crippen LogP contribution is 2.34. The van der Waals surface area contributed by atoms with Gasteiger partial charge >= 0.3 is 0 Å². The zero-order valence-corrected chi connectivity index (χ0v) is 29.8. The smallest absolute Gasteiger partial charge is 0.255 e. The highest BCUT2D eigenvalue weighted by Gasteiger charge is 2.40. The number of amides is 5. The number of hydrogen-bond acceptors (Lipinski definition) is 13. The van der Waals surface area contributed by atoms with Crippen molar-refractivity contribution in [3.8, 4) is 17.0 Å². The third kappa shape index (κ3) is 9.28. The van der Waals surface area contributed by atoms with Crippen LogP contribution >= 0.6 is 0 Å². The lowest BCUT2D eigenvalue weighted by molar-refractivity contribution is -0.137. The van der Waals surface area contributed by atoms with Gasteiger partial charge in [-0.2, -0.15) is 0 Å². The Morgan fingerprint density at radius 1 is 0.907 bits per heavy atom. The molecule has 54 heavy (non-hydrogen) atoms. The minimum atomic E-state index is -0.742. The lowest BCUT2D eigenvalue weighted by Crippen LogP contribution is -2.52. The number of aromatic hydroxyl groups is 1. The Kier molecular flexibility index (Phi) is 12.6. The van der Waals surface area contributed by atoms with Gasteiger partial charge in [0.1, 0.15) is 18.4 Å². The van der Waals surface area contributed by atoms with Crippen molar-refractivity contribution in [2.75, 3.05) is 75.2 Å². The summed E-state index contributed by atoms with van der Waals surface area (Å²) in [5.41, 5.74) is 9.42. The predicted molar refractivity (Wildman–Crippen MR) is 195 cm³/mol. The number of para-hydroxylation sites is 1. The summed E-state index contributed by atoms with van der Waals surface area (Å²) in [6.07, 6.45) is 1.71. The summed E-state index contributed by atoms with van der Waals surface area (Å²) in [6.45, 7) is 2.95. The number of phenols is 1. The number of imide groups is 1. The second-order valence-electron chi connectivity index (χ2n) is 13.1. The fraction of sp³-hybridized carbons (Fsp3) is 0.432. The van der Waals surface area contributed by atoms with Crippen LogP contribution in [0.3, 0.4) is 0 Å². The number of nitrogens with one attached hydrogen (secondary N) is 3. The van der Waals surface area contributed by atoms with Crippen LogP contribution in [-0.4, -0.2) is 115 Å². The van der Waals surface area contributed by atoms with Crippen LogP contribution in [-0.2, 0) is 39.9 Å². The van der Waals surface area contributed by atoms with Crippen molar-refractivity contribution < 1.29 is 43.3 Å². The van der Waals surface area contributed by atoms with Crippen LogP contribution in [0.4, 0.5) is 17.2 Å². The minimum absolute atomic E-state index is 0.0225. The second kappa shape index (κ2) is 17.9. The molecule has 0 saturated carbocycles. The molecule has 6 rings (SSSR count). The number of nitrogen functional groups attached to an aromatic ring is 1. The summed E-state index contributed by atoms with van der Waals surface area (Å²) in [4.78, 5) is 65.7. The molecule has 17 heteroatoms. The van der Waals surface area contributed by atoms with Crippen molar-refractivity contribution in [2.45, 2.75) is 38.3 Å². The number of anilines is 3. The van der Waals surface area contributed by atoms with Gasteiger partial charge < -0.3 is 45.5 Å². The number of benzene rings is 2. The topological polar surface area (TPSA) is 228 Å². The standard InChI is InChI=1S/C37H44N8O9/c38-34-30(20-28(42-43-34)25-4-1-2-7-31(25)46)44-13-10-23(11-14-44)35(49)39-12-15-52-16-17-53-18-19-54-22-33(48)40-27-6-3-5-24-26(27)21-45(37(24)51)29-8-9-32(47)41-36(29)50/h1-7,20,23,29,46H,8-19,21-22H2,(H2,38,43)(H,39,49)(H,40,48)(H,41,47,50). The summed E-state index contributed by atoms with van der Waals surface area (Å²) in [6, 6.07) is 13.0. The number of carbonyl (C=O) groups excluding carboxylic acids is 5. The van der Waals surface area contributed by atoms with Crippen molar-refractivity contribution in [3.63, 3.8) is 0 Å². The first-order valence-corrected chi connectivity index (χ1v) is 17.9. The van der Waals surface area contributed by atoms with Gasteiger partial charge in [0, 0.05) is 60.9 Å². The molecule has 1 unspecified atom stereocenters. The average molecular weight is 745 g/mol. The molecule has 0 bridgehead atoms. The summed E-state index contributed by atoms with van der Waals surface area (Å²) in [7, 11) is 0. The molecule has 3 aliphatic rings. The lowest BCUT2D eigenvalue weighted by Gasteiger charge is -2.33. The quantitative estimate of drug-likeness (QED) is 0.103. The van der Waals surface area contributed by atoms with E-state index in [4.69, 9.17) is 19.9 Å². The highest BCUT2D eigenvalue weighted by atomic mass is 16.5. The fourth-order valence-electron chi connectivity index (χ4n) is 6.73. The van der Waals surface area contributed by atoms with Crippen molar-refractivity contribution in [3.05, 3.63) is 59.7 Å². The van der Waals surface area contributed by atoms with Crippen LogP contribution in [0.2, 0.25) is 0 Å². The number of rotatable bonds is 16. The molecular formula is C37H44N8O9. The van der Waals surface area contributed by atoms with E-state index in [2.05, 4.69) is 31.0 Å². The van der Waals surface area contributed by atoms with Crippen molar-refractivity contribution in [1.29, 1.82) is 0 Å². The van der Waals surface area contributed by atoms with Crippen LogP contribution in [0.15, 0.2) is 48.5 Å². The number of aromatic nitrogens is 2. The lowest BCUT2D eigenvalue weighted by atomic mass is 9.95. The molecule has 1 aromatic heterocycles. The van der Waals surface area contributed by atoms with Crippen LogP contribution in [0, 0.1) is 5.92 Å². The van der Waals surface area contributed by atoms with Crippen molar-refractivity contribution in [2.24, 2.45) is 5.92 Å². The number of ether oxygens (including phenoxy) is 3. The average Bonchev–Trinajstić information content (AvgIpc) is 3.50. The van der Waals surface area contributed by atoms with Crippen LogP contribution in [0.1, 0.15) is 41.6 Å². The molecule has 0 aliphatic carbocycles. The fourth-order valence-corrected chi connectivity index (χ4v) is 6.73. The molecular weight excluding hydrogens is 700 g/mol. The molecule has 2 aromatic carbocycles. The maximum absolute atomic E-state index is 13.0. The maximum Gasteiger partial charge on any atom is 0.255 e. The Labute approximate surface area is 311 Å². The Balaban J connectivity index is 0.801. The summed E-state index contributed by atoms with van der Waals surface area (Å²) in [5, 5.41) is 26.4. The van der Waals surface area contributed by atoms with Gasteiger partial charge in [-0.3, -0.25) is 29.3 Å². The summed E-state index contributed by atoms with van der Waals surface area (Å²) in [5.74, 6) is -1.32. The first kappa shape index (κ1) is 38.1. The van der Waals surface area contributed by atoms with E-state index < -0.39 is 17.9 Å². The molecule has 3 aromatic rings. The number of hydrogen-bond donors (Lipinski definition) is 5. The number of fused-ring (bicyclic) bond motifs is 1. The largest absolute Gasteiger partial charge is 0.507 e. The molecule has 1 atom stereocenters. The normalized spacial score (nSPS) is 17.3. The minimum Gasteiger partial charge on any atom is -0.507 e. The molecule has 2 saturated heterocycles. The van der Waals surface area contributed by atoms with Gasteiger partial charge in [0.2, 0.25) is 23.6 Å². The van der Waals surface area contributed by atoms with Gasteiger partial charge in [-0.15, -0.1) is 10.2 Å². The van der Waals surface area contributed by atoms with Gasteiger partial charge in [0.15, 0.2) is 5.82 Å². The van der Waals surface area contributed by atoms with Gasteiger partial charge in [-0.05, 0) is 49.6 Å². The molecule has 0 spiro atoms. The van der Waals surface area contributed by atoms with E-state index in [1.807, 2.05) is 12.1 Å². The molecule has 0 radical (unpaired) electrons. The van der Waals surface area contributed by atoms with E-state index in [-0.39, 0.29) is 68.6 Å². The maximum atomic E-state index is 13.0. The second-order valence-corrected chi connectivity index (χ2v) is 13.1. The third-order valence-corrected chi connectivity index (χ3v) is 9.57. The van der Waals surface area contributed by atoms with E-state index >= 15 is 0 Å². The number of phenolic OH excluding ortho intramolecular Hbond substituents is 1. The summed E-state index contributed by atoms with van der Waals surface area (Å²) < 4.78 is 16.5. The first-order valence-electron chi connectivity index (χ1n) is 17.9. The van der Waals surface area contributed by atoms with Crippen molar-refractivity contribution in [1.82, 2.24) is 25.7 Å². The van der Waals surface area contributed by atoms with Gasteiger partial charge in [-0.25, -0.2) is 0 Å². The van der Waals surface area contributed by atoms with E-state index in [0.29, 0.717) is 86.2 Å². The molecule has 17 nitrogen and oxygen atoms in total. The molecule has 3 aliphatic heterocycles. The Bertz CT molecular complexity index is 1870. The number of carbonyl (C=O) groups is 5. The molecule has 2 fully saturated rings. The van der Waals surface area contributed by atoms with E-state index in [0.717, 1.165) is 5.69 Å². The Morgan fingerprint density at radius 3 is 2.39 bits per heavy atom. The van der Waals surface area contributed by atoms with Crippen molar-refractivity contribution >= 4 is 46.7 Å². The molecule has 4 heterocycles. The van der Waals surface area contributed by atoms with E-state index in [9.17, 15) is 29.1 Å². The van der Waals surface area contributed by atoms with Crippen LogP contribution in [0.25, 0.3) is 11.3 Å². The number of nitrogens with two attached hydrogens (primary N) is 1. The first-order chi connectivity index (χ1) is 26.2. The van der Waals surface area contributed by atoms with Gasteiger partial charge in [0.25, 0.3) is 5.91 Å². The third-order valence-electron chi connectivity index (χ3n) is 9.57. The van der Waals surface area contributed by atoms with Crippen LogP contribution in [0.5, 0.6) is 5.75 Å². The zero-order chi connectivity index (χ0) is 38.0. The molecule has 6 N–H and O–H groups in total. The number of nitrogens with zero attached hydrogens (tertiary/aromatic N) is 4. The molecule has 286 valence electrons. The monoisotopic (exact) mass is 744 g/mol. The summed E-state index contributed by atoms with van der Waals surface area (Å²) >= 11 is 0. The van der Waals surface area contributed by atoms with Gasteiger partial charge in [0.05, 0.1) is 44.4 Å². The highest BCUT2D eigenvalue weighted by molar-refractivity contribution is 6.06. The SMILES string of the molecule is Nc1nnc(-c2ccccc2O)cc1N1CCC(C(=O)NCCOCCOCCOCC(=O)Nc2cccc3c2CN(C2CCC(=O)NC2=O)C3=O)CC1. The zero-order valence-electron chi connectivity index (χ0n) is 29.8. The molecule has 5 amide bonds. The predicted octanol–water partition coefficient (Wildman–Crippen LogP) is 1.21.